The number of hydrogen-bond acceptors (Lipinski definition) is 4. The monoisotopic (exact) mass is 428 g/mol. The Morgan fingerprint density at radius 3 is 2.57 bits per heavy atom. The van der Waals surface area contributed by atoms with Crippen LogP contribution in [0.25, 0.3) is 10.6 Å². The lowest BCUT2D eigenvalue weighted by Crippen LogP contribution is -2.10. The first kappa shape index (κ1) is 20.2. The van der Waals surface area contributed by atoms with Gasteiger partial charge in [-0.15, -0.1) is 11.3 Å². The molecule has 0 fully saturated rings. The number of para-hydroxylation sites is 1. The van der Waals surface area contributed by atoms with Crippen molar-refractivity contribution in [2.24, 2.45) is 0 Å². The molecular weight excluding hydrogens is 413 g/mol. The Hall–Kier alpha value is -2.52. The number of carbonyl (C=O) groups is 1. The van der Waals surface area contributed by atoms with Crippen LogP contribution < -0.4 is 11.1 Å². The molecule has 2 heterocycles. The molecule has 0 spiro atoms. The van der Waals surface area contributed by atoms with E-state index in [1.54, 1.807) is 38.1 Å². The topological polar surface area (TPSA) is 72.9 Å². The smallest absolute Gasteiger partial charge is 0.397 e. The number of carbonyl (C=O) groups excluding carboxylic acids is 1. The first-order valence-corrected chi connectivity index (χ1v) is 9.39. The van der Waals surface area contributed by atoms with E-state index < -0.39 is 17.8 Å². The van der Waals surface area contributed by atoms with Crippen LogP contribution in [0.2, 0.25) is 5.02 Å². The van der Waals surface area contributed by atoms with Crippen molar-refractivity contribution in [2.45, 2.75) is 26.1 Å². The maximum Gasteiger partial charge on any atom is 0.435 e. The first-order valence-electron chi connectivity index (χ1n) is 8.20. The lowest BCUT2D eigenvalue weighted by atomic mass is 10.2. The Morgan fingerprint density at radius 1 is 1.29 bits per heavy atom. The molecule has 3 N–H and O–H groups in total. The average molecular weight is 429 g/mol. The van der Waals surface area contributed by atoms with Gasteiger partial charge in [-0.25, -0.2) is 0 Å². The van der Waals surface area contributed by atoms with Gasteiger partial charge in [-0.3, -0.25) is 9.48 Å². The predicted molar refractivity (Wildman–Crippen MR) is 105 cm³/mol. The fourth-order valence-corrected chi connectivity index (χ4v) is 3.73. The normalized spacial score (nSPS) is 11.8. The minimum atomic E-state index is -4.58. The highest BCUT2D eigenvalue weighted by Gasteiger charge is 2.36. The van der Waals surface area contributed by atoms with Gasteiger partial charge in [0.15, 0.2) is 5.69 Å². The Kier molecular flexibility index (Phi) is 5.40. The average Bonchev–Trinajstić information content (AvgIpc) is 3.20. The molecule has 28 heavy (non-hydrogen) atoms. The second-order valence-corrected chi connectivity index (χ2v) is 7.74. The maximum absolute atomic E-state index is 13.1. The van der Waals surface area contributed by atoms with E-state index in [2.05, 4.69) is 10.4 Å². The van der Waals surface area contributed by atoms with Gasteiger partial charge in [0.25, 0.3) is 5.91 Å². The van der Waals surface area contributed by atoms with Crippen molar-refractivity contribution in [3.05, 3.63) is 52.0 Å². The van der Waals surface area contributed by atoms with E-state index in [4.69, 9.17) is 17.3 Å². The molecule has 0 bridgehead atoms. The highest BCUT2D eigenvalue weighted by molar-refractivity contribution is 7.18. The fourth-order valence-electron chi connectivity index (χ4n) is 2.56. The van der Waals surface area contributed by atoms with Crippen LogP contribution in [0.1, 0.15) is 35.3 Å². The molecule has 0 aliphatic heterocycles. The zero-order valence-electron chi connectivity index (χ0n) is 14.8. The Morgan fingerprint density at radius 2 is 1.96 bits per heavy atom. The van der Waals surface area contributed by atoms with Crippen molar-refractivity contribution in [1.82, 2.24) is 9.78 Å². The van der Waals surface area contributed by atoms with Gasteiger partial charge in [-0.1, -0.05) is 23.7 Å². The molecule has 0 saturated carbocycles. The van der Waals surface area contributed by atoms with Crippen molar-refractivity contribution in [1.29, 1.82) is 0 Å². The lowest BCUT2D eigenvalue weighted by molar-refractivity contribution is -0.141. The first-order chi connectivity index (χ1) is 13.1. The van der Waals surface area contributed by atoms with Gasteiger partial charge in [0, 0.05) is 6.04 Å². The van der Waals surface area contributed by atoms with Crippen LogP contribution >= 0.6 is 22.9 Å². The number of benzene rings is 1. The number of nitrogen functional groups attached to an aromatic ring is 1. The van der Waals surface area contributed by atoms with Crippen molar-refractivity contribution in [3.8, 4) is 10.6 Å². The summed E-state index contributed by atoms with van der Waals surface area (Å²) >= 11 is 7.03. The van der Waals surface area contributed by atoms with E-state index >= 15 is 0 Å². The summed E-state index contributed by atoms with van der Waals surface area (Å²) in [6.45, 7) is 3.43. The molecule has 5 nitrogen and oxygen atoms in total. The Balaban J connectivity index is 1.98. The van der Waals surface area contributed by atoms with Gasteiger partial charge >= 0.3 is 6.18 Å². The minimum absolute atomic E-state index is 0.199. The van der Waals surface area contributed by atoms with Crippen molar-refractivity contribution < 1.29 is 18.0 Å². The third kappa shape index (κ3) is 4.00. The number of aromatic nitrogens is 2. The van der Waals surface area contributed by atoms with E-state index in [0.29, 0.717) is 15.6 Å². The summed E-state index contributed by atoms with van der Waals surface area (Å²) in [5.74, 6) is -0.456. The zero-order chi connectivity index (χ0) is 20.6. The number of halogens is 4. The van der Waals surface area contributed by atoms with E-state index in [-0.39, 0.29) is 22.3 Å². The molecule has 0 aliphatic carbocycles. The molecule has 0 unspecified atom stereocenters. The molecule has 10 heteroatoms. The summed E-state index contributed by atoms with van der Waals surface area (Å²) in [4.78, 5) is 13.1. The van der Waals surface area contributed by atoms with Crippen LogP contribution in [-0.4, -0.2) is 15.7 Å². The van der Waals surface area contributed by atoms with Crippen LogP contribution in [0.4, 0.5) is 24.5 Å². The number of hydrogen-bond donors (Lipinski definition) is 2. The number of anilines is 2. The summed E-state index contributed by atoms with van der Waals surface area (Å²) in [5.41, 5.74) is 5.83. The molecule has 3 aromatic rings. The van der Waals surface area contributed by atoms with Gasteiger partial charge in [0.2, 0.25) is 0 Å². The number of thiophene rings is 1. The maximum atomic E-state index is 13.1. The Labute approximate surface area is 167 Å². The summed E-state index contributed by atoms with van der Waals surface area (Å²) in [6.07, 6.45) is -4.58. The molecule has 0 saturated heterocycles. The number of amides is 1. The van der Waals surface area contributed by atoms with Crippen LogP contribution in [0.15, 0.2) is 36.4 Å². The molecule has 2 aromatic heterocycles. The number of nitrogens with two attached hydrogens (primary N) is 1. The van der Waals surface area contributed by atoms with Gasteiger partial charge in [0.1, 0.15) is 0 Å². The largest absolute Gasteiger partial charge is 0.435 e. The number of nitrogens with one attached hydrogen (secondary N) is 1. The number of alkyl halides is 3. The highest BCUT2D eigenvalue weighted by Crippen LogP contribution is 2.39. The molecule has 0 atom stereocenters. The summed E-state index contributed by atoms with van der Waals surface area (Å²) in [5, 5.41) is 6.69. The second-order valence-electron chi connectivity index (χ2n) is 6.28. The van der Waals surface area contributed by atoms with Crippen molar-refractivity contribution in [3.63, 3.8) is 0 Å². The molecule has 1 aromatic carbocycles. The molecule has 1 amide bonds. The molecule has 0 radical (unpaired) electrons. The second kappa shape index (κ2) is 7.48. The van der Waals surface area contributed by atoms with Crippen LogP contribution in [0.5, 0.6) is 0 Å². The van der Waals surface area contributed by atoms with Gasteiger partial charge in [-0.05, 0) is 38.1 Å². The minimum Gasteiger partial charge on any atom is -0.397 e. The zero-order valence-corrected chi connectivity index (χ0v) is 16.4. The van der Waals surface area contributed by atoms with Crippen LogP contribution in [-0.2, 0) is 6.18 Å². The predicted octanol–water partition coefficient (Wildman–Crippen LogP) is 5.70. The highest BCUT2D eigenvalue weighted by atomic mass is 35.5. The van der Waals surface area contributed by atoms with Gasteiger partial charge in [-0.2, -0.15) is 18.3 Å². The lowest BCUT2D eigenvalue weighted by Gasteiger charge is -2.10. The molecule has 0 aliphatic rings. The van der Waals surface area contributed by atoms with Crippen molar-refractivity contribution >= 4 is 40.2 Å². The Bertz CT molecular complexity index is 1030. The van der Waals surface area contributed by atoms with E-state index in [1.165, 1.54) is 10.7 Å². The van der Waals surface area contributed by atoms with Gasteiger partial charge in [0.05, 0.1) is 31.8 Å². The van der Waals surface area contributed by atoms with Crippen molar-refractivity contribution in [2.75, 3.05) is 11.1 Å². The van der Waals surface area contributed by atoms with Crippen LogP contribution in [0.3, 0.4) is 0 Å². The van der Waals surface area contributed by atoms with E-state index in [1.807, 2.05) is 0 Å². The summed E-state index contributed by atoms with van der Waals surface area (Å²) < 4.78 is 40.5. The number of rotatable bonds is 4. The third-order valence-corrected chi connectivity index (χ3v) is 5.36. The number of nitrogens with zero attached hydrogens (tertiary/aromatic N) is 2. The molecule has 148 valence electrons. The van der Waals surface area contributed by atoms with Crippen LogP contribution in [0, 0.1) is 0 Å². The standard InChI is InChI=1S/C18H16ClF3N4OS/c1-9(2)26-13(8-15(25-26)18(20,21)22)16-11(23)7-14(28-16)17(27)24-12-6-4-3-5-10(12)19/h3-9H,23H2,1-2H3,(H,24,27). The summed E-state index contributed by atoms with van der Waals surface area (Å²) in [6, 6.07) is 8.76. The van der Waals surface area contributed by atoms with Gasteiger partial charge < -0.3 is 11.1 Å². The molecule has 3 rings (SSSR count). The quantitative estimate of drug-likeness (QED) is 0.559. The summed E-state index contributed by atoms with van der Waals surface area (Å²) in [7, 11) is 0. The van der Waals surface area contributed by atoms with E-state index in [9.17, 15) is 18.0 Å². The van der Waals surface area contributed by atoms with E-state index in [0.717, 1.165) is 17.4 Å². The third-order valence-electron chi connectivity index (χ3n) is 3.85. The SMILES string of the molecule is CC(C)n1nc(C(F)(F)F)cc1-c1sc(C(=O)Nc2ccccc2Cl)cc1N. The fraction of sp³-hybridized carbons (Fsp3) is 0.222. The molecular formula is C18H16ClF3N4OS.